The van der Waals surface area contributed by atoms with Gasteiger partial charge in [-0.2, -0.15) is 0 Å². The van der Waals surface area contributed by atoms with Crippen LogP contribution >= 0.6 is 11.8 Å². The van der Waals surface area contributed by atoms with Crippen LogP contribution < -0.4 is 5.32 Å². The summed E-state index contributed by atoms with van der Waals surface area (Å²) in [6.07, 6.45) is 7.25. The first-order chi connectivity index (χ1) is 12.3. The number of rotatable bonds is 5. The van der Waals surface area contributed by atoms with Crippen LogP contribution in [-0.4, -0.2) is 21.5 Å². The second-order valence-corrected chi connectivity index (χ2v) is 9.45. The van der Waals surface area contributed by atoms with Crippen molar-refractivity contribution in [2.75, 3.05) is 0 Å². The van der Waals surface area contributed by atoms with Gasteiger partial charge in [-0.15, -0.1) is 0 Å². The number of nitrogens with one attached hydrogen (secondary N) is 1. The molecule has 0 aliphatic heterocycles. The molecule has 2 heterocycles. The van der Waals surface area contributed by atoms with Crippen molar-refractivity contribution in [3.05, 3.63) is 36.0 Å². The lowest BCUT2D eigenvalue weighted by molar-refractivity contribution is 0.0799. The number of aromatic nitrogens is 2. The second-order valence-electron chi connectivity index (χ2n) is 8.51. The SMILES string of the molecule is Cn1ccnc1SCc1ccc(C(=O)NC2CC3CCC2(C)C3(C)C)o1. The molecule has 2 bridgehead atoms. The Hall–Kier alpha value is -1.69. The van der Waals surface area contributed by atoms with Crippen molar-refractivity contribution >= 4 is 17.7 Å². The third-order valence-electron chi connectivity index (χ3n) is 7.11. The van der Waals surface area contributed by atoms with E-state index in [4.69, 9.17) is 4.42 Å². The van der Waals surface area contributed by atoms with Crippen LogP contribution in [0.2, 0.25) is 0 Å². The van der Waals surface area contributed by atoms with Crippen molar-refractivity contribution in [3.8, 4) is 0 Å². The van der Waals surface area contributed by atoms with Gasteiger partial charge in [0.25, 0.3) is 5.91 Å². The van der Waals surface area contributed by atoms with E-state index in [9.17, 15) is 4.79 Å². The van der Waals surface area contributed by atoms with Gasteiger partial charge in [-0.1, -0.05) is 32.5 Å². The quantitative estimate of drug-likeness (QED) is 0.796. The first-order valence-corrected chi connectivity index (χ1v) is 10.3. The van der Waals surface area contributed by atoms with Crippen molar-refractivity contribution in [3.63, 3.8) is 0 Å². The zero-order chi connectivity index (χ0) is 18.5. The van der Waals surface area contributed by atoms with E-state index < -0.39 is 0 Å². The first kappa shape index (κ1) is 17.7. The fourth-order valence-corrected chi connectivity index (χ4v) is 5.68. The van der Waals surface area contributed by atoms with Crippen LogP contribution in [0.1, 0.15) is 56.3 Å². The highest BCUT2D eigenvalue weighted by molar-refractivity contribution is 7.98. The van der Waals surface area contributed by atoms with Crippen molar-refractivity contribution in [1.29, 1.82) is 0 Å². The number of thioether (sulfide) groups is 1. The van der Waals surface area contributed by atoms with E-state index in [2.05, 4.69) is 31.1 Å². The molecule has 2 fully saturated rings. The monoisotopic (exact) mass is 373 g/mol. The molecule has 1 N–H and O–H groups in total. The number of hydrogen-bond acceptors (Lipinski definition) is 4. The lowest BCUT2D eigenvalue weighted by atomic mass is 9.69. The molecule has 26 heavy (non-hydrogen) atoms. The van der Waals surface area contributed by atoms with E-state index in [0.29, 0.717) is 17.4 Å². The molecular formula is C20H27N3O2S. The maximum atomic E-state index is 12.7. The molecule has 3 atom stereocenters. The van der Waals surface area contributed by atoms with Gasteiger partial charge in [0.2, 0.25) is 0 Å². The highest BCUT2D eigenvalue weighted by Gasteiger charge is 2.61. The number of furan rings is 1. The molecule has 5 nitrogen and oxygen atoms in total. The minimum Gasteiger partial charge on any atom is -0.455 e. The molecule has 0 saturated heterocycles. The van der Waals surface area contributed by atoms with Crippen LogP contribution in [-0.2, 0) is 12.8 Å². The Bertz CT molecular complexity index is 825. The molecule has 2 aliphatic carbocycles. The van der Waals surface area contributed by atoms with Crippen LogP contribution in [0, 0.1) is 16.7 Å². The van der Waals surface area contributed by atoms with Crippen LogP contribution in [0.3, 0.4) is 0 Å². The van der Waals surface area contributed by atoms with Crippen molar-refractivity contribution < 1.29 is 9.21 Å². The molecule has 3 unspecified atom stereocenters. The summed E-state index contributed by atoms with van der Waals surface area (Å²) in [6.45, 7) is 7.05. The van der Waals surface area contributed by atoms with Gasteiger partial charge >= 0.3 is 0 Å². The van der Waals surface area contributed by atoms with Crippen molar-refractivity contribution in [1.82, 2.24) is 14.9 Å². The minimum atomic E-state index is -0.0900. The van der Waals surface area contributed by atoms with Crippen LogP contribution in [0.25, 0.3) is 0 Å². The highest BCUT2D eigenvalue weighted by Crippen LogP contribution is 2.65. The average Bonchev–Trinajstić information content (AvgIpc) is 3.31. The summed E-state index contributed by atoms with van der Waals surface area (Å²) in [5.41, 5.74) is 0.467. The normalized spacial score (nSPS) is 29.2. The molecule has 2 saturated carbocycles. The fourth-order valence-electron chi connectivity index (χ4n) is 4.86. The van der Waals surface area contributed by atoms with E-state index in [-0.39, 0.29) is 22.8 Å². The summed E-state index contributed by atoms with van der Waals surface area (Å²) in [7, 11) is 1.97. The molecule has 0 radical (unpaired) electrons. The number of carbonyl (C=O) groups excluding carboxylic acids is 1. The van der Waals surface area contributed by atoms with E-state index in [0.717, 1.165) is 17.3 Å². The van der Waals surface area contributed by atoms with Crippen molar-refractivity contribution in [2.45, 2.75) is 57.0 Å². The smallest absolute Gasteiger partial charge is 0.287 e. The average molecular weight is 374 g/mol. The summed E-state index contributed by atoms with van der Waals surface area (Å²) >= 11 is 1.60. The standard InChI is InChI=1S/C20H27N3O2S/c1-19(2)13-7-8-20(19,3)16(11-13)22-17(24)15-6-5-14(25-15)12-26-18-21-9-10-23(18)4/h5-6,9-10,13,16H,7-8,11-12H2,1-4H3,(H,22,24). The second kappa shape index (κ2) is 6.19. The molecule has 0 aromatic carbocycles. The van der Waals surface area contributed by atoms with Gasteiger partial charge in [0.05, 0.1) is 5.75 Å². The summed E-state index contributed by atoms with van der Waals surface area (Å²) in [5, 5.41) is 4.19. The molecule has 6 heteroatoms. The molecule has 0 spiro atoms. The highest BCUT2D eigenvalue weighted by atomic mass is 32.2. The molecule has 140 valence electrons. The molecular weight excluding hydrogens is 346 g/mol. The summed E-state index contributed by atoms with van der Waals surface area (Å²) in [6, 6.07) is 3.90. The maximum Gasteiger partial charge on any atom is 0.287 e. The Morgan fingerprint density at radius 1 is 1.42 bits per heavy atom. The van der Waals surface area contributed by atoms with Gasteiger partial charge in [-0.3, -0.25) is 4.79 Å². The van der Waals surface area contributed by atoms with Gasteiger partial charge < -0.3 is 14.3 Å². The number of fused-ring (bicyclic) bond motifs is 2. The molecule has 2 aromatic rings. The minimum absolute atomic E-state index is 0.0900. The Kier molecular flexibility index (Phi) is 4.21. The number of aryl methyl sites for hydroxylation is 1. The van der Waals surface area contributed by atoms with Gasteiger partial charge in [-0.05, 0) is 48.1 Å². The third kappa shape index (κ3) is 2.70. The van der Waals surface area contributed by atoms with Crippen LogP contribution in [0.5, 0.6) is 0 Å². The number of nitrogens with zero attached hydrogens (tertiary/aromatic N) is 2. The largest absolute Gasteiger partial charge is 0.455 e. The third-order valence-corrected chi connectivity index (χ3v) is 8.19. The number of carbonyl (C=O) groups is 1. The molecule has 2 aliphatic rings. The molecule has 4 rings (SSSR count). The van der Waals surface area contributed by atoms with E-state index >= 15 is 0 Å². The Morgan fingerprint density at radius 2 is 2.23 bits per heavy atom. The topological polar surface area (TPSA) is 60.1 Å². The summed E-state index contributed by atoms with van der Waals surface area (Å²) < 4.78 is 7.76. The predicted octanol–water partition coefficient (Wildman–Crippen LogP) is 4.25. The molecule has 1 amide bonds. The zero-order valence-electron chi connectivity index (χ0n) is 15.9. The number of amides is 1. The van der Waals surface area contributed by atoms with Gasteiger partial charge in [0.15, 0.2) is 10.9 Å². The van der Waals surface area contributed by atoms with Gasteiger partial charge in [0, 0.05) is 25.5 Å². The zero-order valence-corrected chi connectivity index (χ0v) is 16.7. The number of hydrogen-bond donors (Lipinski definition) is 1. The fraction of sp³-hybridized carbons (Fsp3) is 0.600. The van der Waals surface area contributed by atoms with E-state index in [1.807, 2.05) is 23.9 Å². The molecule has 2 aromatic heterocycles. The van der Waals surface area contributed by atoms with Gasteiger partial charge in [0.1, 0.15) is 5.76 Å². The summed E-state index contributed by atoms with van der Waals surface area (Å²) in [5.74, 6) is 2.48. The lowest BCUT2D eigenvalue weighted by Crippen LogP contribution is -2.46. The van der Waals surface area contributed by atoms with Crippen molar-refractivity contribution in [2.24, 2.45) is 23.8 Å². The van der Waals surface area contributed by atoms with Gasteiger partial charge in [-0.25, -0.2) is 4.98 Å². The van der Waals surface area contributed by atoms with Crippen LogP contribution in [0.4, 0.5) is 0 Å². The lowest BCUT2D eigenvalue weighted by Gasteiger charge is -2.39. The van der Waals surface area contributed by atoms with Crippen LogP contribution in [0.15, 0.2) is 34.1 Å². The Labute approximate surface area is 158 Å². The predicted molar refractivity (Wildman–Crippen MR) is 102 cm³/mol. The van der Waals surface area contributed by atoms with E-state index in [1.54, 1.807) is 24.0 Å². The Morgan fingerprint density at radius 3 is 2.85 bits per heavy atom. The number of imidazole rings is 1. The van der Waals surface area contributed by atoms with E-state index in [1.165, 1.54) is 12.8 Å². The maximum absolute atomic E-state index is 12.7. The first-order valence-electron chi connectivity index (χ1n) is 9.31. The Balaban J connectivity index is 1.39. The summed E-state index contributed by atoms with van der Waals surface area (Å²) in [4.78, 5) is 17.0.